The van der Waals surface area contributed by atoms with Crippen LogP contribution in [0.1, 0.15) is 22.3 Å². The summed E-state index contributed by atoms with van der Waals surface area (Å²) in [5.41, 5.74) is 1.74. The van der Waals surface area contributed by atoms with E-state index < -0.39 is 0 Å². The number of nitrogens with zero attached hydrogens (tertiary/aromatic N) is 2. The number of amides is 2. The van der Waals surface area contributed by atoms with Gasteiger partial charge in [0, 0.05) is 32.6 Å². The summed E-state index contributed by atoms with van der Waals surface area (Å²) in [5.74, 6) is 0.124. The molecular weight excluding hydrogens is 292 g/mol. The van der Waals surface area contributed by atoms with Crippen molar-refractivity contribution in [2.24, 2.45) is 0 Å². The van der Waals surface area contributed by atoms with Gasteiger partial charge >= 0.3 is 0 Å². The second-order valence-corrected chi connectivity index (χ2v) is 5.67. The van der Waals surface area contributed by atoms with E-state index in [0.717, 1.165) is 6.42 Å². The van der Waals surface area contributed by atoms with Gasteiger partial charge in [-0.15, -0.1) is 0 Å². The number of aryl methyl sites for hydroxylation is 1. The van der Waals surface area contributed by atoms with Gasteiger partial charge in [0.15, 0.2) is 0 Å². The molecule has 1 aromatic heterocycles. The Hall–Kier alpha value is -2.56. The lowest BCUT2D eigenvalue weighted by Crippen LogP contribution is -2.50. The molecule has 5 nitrogen and oxygen atoms in total. The highest BCUT2D eigenvalue weighted by Crippen LogP contribution is 2.11. The summed E-state index contributed by atoms with van der Waals surface area (Å²) in [6, 6.07) is 11.7. The van der Waals surface area contributed by atoms with Crippen molar-refractivity contribution in [3.05, 3.63) is 60.1 Å². The van der Waals surface area contributed by atoms with E-state index in [1.807, 2.05) is 35.2 Å². The molecular formula is C18H20N2O3. The Morgan fingerprint density at radius 1 is 0.957 bits per heavy atom. The molecule has 0 aliphatic carbocycles. The summed E-state index contributed by atoms with van der Waals surface area (Å²) in [6.45, 7) is 2.33. The molecule has 23 heavy (non-hydrogen) atoms. The van der Waals surface area contributed by atoms with Crippen LogP contribution in [0.2, 0.25) is 0 Å². The minimum absolute atomic E-state index is 0.0323. The molecule has 120 valence electrons. The lowest BCUT2D eigenvalue weighted by Gasteiger charge is -2.34. The van der Waals surface area contributed by atoms with Crippen molar-refractivity contribution in [3.63, 3.8) is 0 Å². The van der Waals surface area contributed by atoms with Gasteiger partial charge in [-0.2, -0.15) is 0 Å². The Bertz CT molecular complexity index is 644. The van der Waals surface area contributed by atoms with Crippen LogP contribution in [-0.2, 0) is 11.2 Å². The Balaban J connectivity index is 1.47. The van der Waals surface area contributed by atoms with Crippen molar-refractivity contribution in [1.29, 1.82) is 0 Å². The Labute approximate surface area is 135 Å². The number of carbonyl (C=O) groups is 2. The van der Waals surface area contributed by atoms with Crippen LogP contribution >= 0.6 is 0 Å². The summed E-state index contributed by atoms with van der Waals surface area (Å²) < 4.78 is 4.95. The molecule has 1 saturated heterocycles. The highest BCUT2D eigenvalue weighted by molar-refractivity contribution is 5.94. The highest BCUT2D eigenvalue weighted by atomic mass is 16.3. The largest absolute Gasteiger partial charge is 0.472 e. The first-order valence-electron chi connectivity index (χ1n) is 7.87. The SMILES string of the molecule is O=C(CCc1ccccc1)N1CCN(C(=O)c2ccoc2)CC1. The van der Waals surface area contributed by atoms with E-state index in [9.17, 15) is 9.59 Å². The molecule has 2 aromatic rings. The van der Waals surface area contributed by atoms with Crippen molar-refractivity contribution in [1.82, 2.24) is 9.80 Å². The predicted octanol–water partition coefficient (Wildman–Crippen LogP) is 2.20. The Kier molecular flexibility index (Phi) is 4.76. The molecule has 1 aromatic carbocycles. The lowest BCUT2D eigenvalue weighted by atomic mass is 10.1. The Morgan fingerprint density at radius 3 is 2.30 bits per heavy atom. The summed E-state index contributed by atoms with van der Waals surface area (Å²) in [4.78, 5) is 28.1. The maximum atomic E-state index is 12.3. The summed E-state index contributed by atoms with van der Waals surface area (Å²) in [7, 11) is 0. The van der Waals surface area contributed by atoms with E-state index in [2.05, 4.69) is 0 Å². The fourth-order valence-corrected chi connectivity index (χ4v) is 2.78. The summed E-state index contributed by atoms with van der Waals surface area (Å²) in [6.07, 6.45) is 4.23. The first-order valence-corrected chi connectivity index (χ1v) is 7.87. The molecule has 1 aliphatic heterocycles. The number of hydrogen-bond donors (Lipinski definition) is 0. The van der Waals surface area contributed by atoms with E-state index in [0.29, 0.717) is 38.2 Å². The molecule has 2 heterocycles. The van der Waals surface area contributed by atoms with Crippen molar-refractivity contribution in [2.75, 3.05) is 26.2 Å². The molecule has 0 unspecified atom stereocenters. The zero-order chi connectivity index (χ0) is 16.1. The van der Waals surface area contributed by atoms with E-state index >= 15 is 0 Å². The van der Waals surface area contributed by atoms with Gasteiger partial charge < -0.3 is 14.2 Å². The molecule has 3 rings (SSSR count). The number of rotatable bonds is 4. The van der Waals surface area contributed by atoms with Gasteiger partial charge in [-0.3, -0.25) is 9.59 Å². The topological polar surface area (TPSA) is 53.8 Å². The Morgan fingerprint density at radius 2 is 1.65 bits per heavy atom. The van der Waals surface area contributed by atoms with Crippen LogP contribution in [0.4, 0.5) is 0 Å². The molecule has 0 atom stereocenters. The molecule has 5 heteroatoms. The van der Waals surface area contributed by atoms with Crippen LogP contribution in [0.15, 0.2) is 53.3 Å². The van der Waals surface area contributed by atoms with Gasteiger partial charge in [0.2, 0.25) is 5.91 Å². The number of furan rings is 1. The normalized spacial score (nSPS) is 14.8. The third kappa shape index (κ3) is 3.80. The van der Waals surface area contributed by atoms with Crippen molar-refractivity contribution >= 4 is 11.8 Å². The number of piperazine rings is 1. The zero-order valence-corrected chi connectivity index (χ0v) is 13.0. The van der Waals surface area contributed by atoms with Crippen LogP contribution in [0.3, 0.4) is 0 Å². The summed E-state index contributed by atoms with van der Waals surface area (Å²) >= 11 is 0. The fourth-order valence-electron chi connectivity index (χ4n) is 2.78. The van der Waals surface area contributed by atoms with Crippen LogP contribution < -0.4 is 0 Å². The molecule has 1 fully saturated rings. The minimum atomic E-state index is -0.0323. The molecule has 0 saturated carbocycles. The monoisotopic (exact) mass is 312 g/mol. The molecule has 2 amide bonds. The second-order valence-electron chi connectivity index (χ2n) is 5.67. The third-order valence-corrected chi connectivity index (χ3v) is 4.16. The molecule has 0 radical (unpaired) electrons. The van der Waals surface area contributed by atoms with Crippen LogP contribution in [-0.4, -0.2) is 47.8 Å². The van der Waals surface area contributed by atoms with Gasteiger partial charge in [-0.1, -0.05) is 30.3 Å². The first-order chi connectivity index (χ1) is 11.2. The van der Waals surface area contributed by atoms with Gasteiger partial charge in [-0.25, -0.2) is 0 Å². The van der Waals surface area contributed by atoms with Crippen molar-refractivity contribution in [3.8, 4) is 0 Å². The predicted molar refractivity (Wildman–Crippen MR) is 86.0 cm³/mol. The minimum Gasteiger partial charge on any atom is -0.472 e. The van der Waals surface area contributed by atoms with Gasteiger partial charge in [0.1, 0.15) is 6.26 Å². The van der Waals surface area contributed by atoms with Crippen molar-refractivity contribution < 1.29 is 14.0 Å². The second kappa shape index (κ2) is 7.13. The maximum Gasteiger partial charge on any atom is 0.257 e. The van der Waals surface area contributed by atoms with Crippen molar-refractivity contribution in [2.45, 2.75) is 12.8 Å². The average molecular weight is 312 g/mol. The molecule has 1 aliphatic rings. The van der Waals surface area contributed by atoms with Crippen LogP contribution in [0, 0.1) is 0 Å². The standard InChI is InChI=1S/C18H20N2O3/c21-17(7-6-15-4-2-1-3-5-15)19-9-11-20(12-10-19)18(22)16-8-13-23-14-16/h1-5,8,13-14H,6-7,9-12H2. The smallest absolute Gasteiger partial charge is 0.257 e. The zero-order valence-electron chi connectivity index (χ0n) is 13.0. The number of hydrogen-bond acceptors (Lipinski definition) is 3. The maximum absolute atomic E-state index is 12.3. The van der Waals surface area contributed by atoms with E-state index in [-0.39, 0.29) is 11.8 Å². The lowest BCUT2D eigenvalue weighted by molar-refractivity contribution is -0.132. The molecule has 0 N–H and O–H groups in total. The van der Waals surface area contributed by atoms with Crippen LogP contribution in [0.25, 0.3) is 0 Å². The molecule has 0 spiro atoms. The first kappa shape index (κ1) is 15.3. The number of benzene rings is 1. The quantitative estimate of drug-likeness (QED) is 0.869. The van der Waals surface area contributed by atoms with E-state index in [4.69, 9.17) is 4.42 Å². The summed E-state index contributed by atoms with van der Waals surface area (Å²) in [5, 5.41) is 0. The van der Waals surface area contributed by atoms with Gasteiger partial charge in [0.05, 0.1) is 11.8 Å². The van der Waals surface area contributed by atoms with Gasteiger partial charge in [-0.05, 0) is 18.1 Å². The van der Waals surface area contributed by atoms with Crippen LogP contribution in [0.5, 0.6) is 0 Å². The van der Waals surface area contributed by atoms with E-state index in [1.54, 1.807) is 11.0 Å². The number of carbonyl (C=O) groups excluding carboxylic acids is 2. The third-order valence-electron chi connectivity index (χ3n) is 4.16. The molecule has 0 bridgehead atoms. The average Bonchev–Trinajstić information content (AvgIpc) is 3.15. The highest BCUT2D eigenvalue weighted by Gasteiger charge is 2.24. The van der Waals surface area contributed by atoms with Gasteiger partial charge in [0.25, 0.3) is 5.91 Å². The fraction of sp³-hybridized carbons (Fsp3) is 0.333. The van der Waals surface area contributed by atoms with E-state index in [1.165, 1.54) is 18.1 Å².